The first kappa shape index (κ1) is 12.0. The number of nitrogens with zero attached hydrogens (tertiary/aromatic N) is 2. The van der Waals surface area contributed by atoms with Crippen LogP contribution in [0.2, 0.25) is 0 Å². The number of aromatic nitrogens is 2. The monoisotopic (exact) mass is 248 g/mol. The van der Waals surface area contributed by atoms with E-state index in [9.17, 15) is 0 Å². The fourth-order valence-corrected chi connectivity index (χ4v) is 2.01. The molecule has 4 heteroatoms. The molecule has 2 rings (SSSR count). The summed E-state index contributed by atoms with van der Waals surface area (Å²) in [4.78, 5) is 9.53. The van der Waals surface area contributed by atoms with Crippen molar-refractivity contribution in [3.63, 3.8) is 0 Å². The van der Waals surface area contributed by atoms with Crippen LogP contribution in [0.15, 0.2) is 16.8 Å². The smallest absolute Gasteiger partial charge is 0.218 e. The molecule has 0 aliphatic rings. The van der Waals surface area contributed by atoms with Gasteiger partial charge in [0.15, 0.2) is 0 Å². The molecule has 90 valence electrons. The third-order valence-corrected chi connectivity index (χ3v) is 3.17. The van der Waals surface area contributed by atoms with Crippen LogP contribution in [-0.2, 0) is 5.41 Å². The molecule has 0 amide bonds. The van der Waals surface area contributed by atoms with Crippen LogP contribution in [0.3, 0.4) is 0 Å². The number of hydrogen-bond acceptors (Lipinski definition) is 4. The Balaban J connectivity index is 2.14. The van der Waals surface area contributed by atoms with E-state index in [2.05, 4.69) is 30.7 Å². The van der Waals surface area contributed by atoms with Crippen molar-refractivity contribution in [2.45, 2.75) is 33.1 Å². The molecule has 0 saturated heterocycles. The zero-order chi connectivity index (χ0) is 12.5. The Kier molecular flexibility index (Phi) is 3.15. The van der Waals surface area contributed by atoms with Crippen molar-refractivity contribution in [3.8, 4) is 0 Å². The van der Waals surface area contributed by atoms with E-state index in [0.29, 0.717) is 5.89 Å². The van der Waals surface area contributed by atoms with Gasteiger partial charge in [-0.15, -0.1) is 11.3 Å². The van der Waals surface area contributed by atoms with Crippen molar-refractivity contribution >= 4 is 23.5 Å². The molecule has 3 nitrogen and oxygen atoms in total. The standard InChI is InChI=1S/C13H16N2OS/c1-9-14-7-10(17-9)5-6-12-15-8-11(16-12)13(2,3)4/h5-8H,1-4H3/b6-5+. The van der Waals surface area contributed by atoms with Crippen molar-refractivity contribution in [1.82, 2.24) is 9.97 Å². The van der Waals surface area contributed by atoms with Crippen molar-refractivity contribution in [2.24, 2.45) is 0 Å². The number of thiazole rings is 1. The Morgan fingerprint density at radius 1 is 1.18 bits per heavy atom. The maximum atomic E-state index is 5.66. The van der Waals surface area contributed by atoms with E-state index in [1.807, 2.05) is 25.3 Å². The van der Waals surface area contributed by atoms with Gasteiger partial charge in [0.2, 0.25) is 5.89 Å². The highest BCUT2D eigenvalue weighted by molar-refractivity contribution is 7.12. The van der Waals surface area contributed by atoms with Gasteiger partial charge in [-0.25, -0.2) is 9.97 Å². The van der Waals surface area contributed by atoms with E-state index in [4.69, 9.17) is 4.42 Å². The molecule has 2 heterocycles. The van der Waals surface area contributed by atoms with Gasteiger partial charge in [0, 0.05) is 22.6 Å². The zero-order valence-corrected chi connectivity index (χ0v) is 11.3. The van der Waals surface area contributed by atoms with Gasteiger partial charge >= 0.3 is 0 Å². The van der Waals surface area contributed by atoms with Crippen LogP contribution in [0, 0.1) is 6.92 Å². The zero-order valence-electron chi connectivity index (χ0n) is 10.5. The summed E-state index contributed by atoms with van der Waals surface area (Å²) in [5.74, 6) is 1.54. The van der Waals surface area contributed by atoms with Crippen LogP contribution >= 0.6 is 11.3 Å². The Morgan fingerprint density at radius 3 is 2.47 bits per heavy atom. The lowest BCUT2D eigenvalue weighted by atomic mass is 9.94. The van der Waals surface area contributed by atoms with Crippen LogP contribution in [0.25, 0.3) is 12.2 Å². The highest BCUT2D eigenvalue weighted by Crippen LogP contribution is 2.23. The quantitative estimate of drug-likeness (QED) is 0.809. The fourth-order valence-electron chi connectivity index (χ4n) is 1.32. The highest BCUT2D eigenvalue weighted by atomic mass is 32.1. The van der Waals surface area contributed by atoms with Crippen molar-refractivity contribution in [1.29, 1.82) is 0 Å². The van der Waals surface area contributed by atoms with E-state index in [1.165, 1.54) is 0 Å². The predicted octanol–water partition coefficient (Wildman–Crippen LogP) is 3.91. The Bertz CT molecular complexity index is 532. The van der Waals surface area contributed by atoms with Gasteiger partial charge in [-0.1, -0.05) is 20.8 Å². The molecule has 0 atom stereocenters. The SMILES string of the molecule is Cc1ncc(/C=C/c2ncc(C(C)(C)C)o2)s1. The summed E-state index contributed by atoms with van der Waals surface area (Å²) in [5.41, 5.74) is 0.000164. The molecular weight excluding hydrogens is 232 g/mol. The molecule has 0 spiro atoms. The summed E-state index contributed by atoms with van der Waals surface area (Å²) in [6, 6.07) is 0. The summed E-state index contributed by atoms with van der Waals surface area (Å²) >= 11 is 1.65. The average molecular weight is 248 g/mol. The molecule has 0 aliphatic heterocycles. The second kappa shape index (κ2) is 4.45. The van der Waals surface area contributed by atoms with E-state index in [1.54, 1.807) is 17.5 Å². The number of hydrogen-bond donors (Lipinski definition) is 0. The molecule has 2 aromatic rings. The van der Waals surface area contributed by atoms with Crippen molar-refractivity contribution in [3.05, 3.63) is 33.9 Å². The Hall–Kier alpha value is -1.42. The molecule has 0 N–H and O–H groups in total. The van der Waals surface area contributed by atoms with Gasteiger partial charge in [-0.3, -0.25) is 0 Å². The van der Waals surface area contributed by atoms with Gasteiger partial charge < -0.3 is 4.42 Å². The predicted molar refractivity (Wildman–Crippen MR) is 71.0 cm³/mol. The summed E-state index contributed by atoms with van der Waals surface area (Å²) in [7, 11) is 0. The molecule has 0 radical (unpaired) electrons. The van der Waals surface area contributed by atoms with Crippen molar-refractivity contribution in [2.75, 3.05) is 0 Å². The van der Waals surface area contributed by atoms with Crippen LogP contribution in [-0.4, -0.2) is 9.97 Å². The second-order valence-corrected chi connectivity index (χ2v) is 6.19. The maximum absolute atomic E-state index is 5.66. The first-order chi connectivity index (χ1) is 7.95. The number of rotatable bonds is 2. The number of oxazole rings is 1. The Morgan fingerprint density at radius 2 is 1.94 bits per heavy atom. The fraction of sp³-hybridized carbons (Fsp3) is 0.385. The molecule has 0 aliphatic carbocycles. The molecule has 0 fully saturated rings. The van der Waals surface area contributed by atoms with Gasteiger partial charge in [0.1, 0.15) is 5.76 Å². The molecule has 2 aromatic heterocycles. The van der Waals surface area contributed by atoms with Gasteiger partial charge in [-0.05, 0) is 13.0 Å². The third-order valence-electron chi connectivity index (χ3n) is 2.29. The van der Waals surface area contributed by atoms with Crippen LogP contribution in [0.1, 0.15) is 42.3 Å². The van der Waals surface area contributed by atoms with Gasteiger partial charge in [0.05, 0.1) is 11.2 Å². The van der Waals surface area contributed by atoms with E-state index in [-0.39, 0.29) is 5.41 Å². The summed E-state index contributed by atoms with van der Waals surface area (Å²) in [6.07, 6.45) is 7.49. The lowest BCUT2D eigenvalue weighted by molar-refractivity contribution is 0.403. The molecular formula is C13H16N2OS. The van der Waals surface area contributed by atoms with E-state index < -0.39 is 0 Å². The van der Waals surface area contributed by atoms with Crippen molar-refractivity contribution < 1.29 is 4.42 Å². The maximum Gasteiger partial charge on any atom is 0.218 e. The van der Waals surface area contributed by atoms with Gasteiger partial charge in [0.25, 0.3) is 0 Å². The third kappa shape index (κ3) is 3.03. The minimum atomic E-state index is 0.000164. The highest BCUT2D eigenvalue weighted by Gasteiger charge is 2.18. The lowest BCUT2D eigenvalue weighted by Gasteiger charge is -2.12. The molecule has 0 saturated carbocycles. The second-order valence-electron chi connectivity index (χ2n) is 4.93. The topological polar surface area (TPSA) is 38.9 Å². The summed E-state index contributed by atoms with van der Waals surface area (Å²) in [5, 5.41) is 1.06. The molecule has 0 bridgehead atoms. The lowest BCUT2D eigenvalue weighted by Crippen LogP contribution is -2.09. The van der Waals surface area contributed by atoms with Crippen LogP contribution in [0.4, 0.5) is 0 Å². The van der Waals surface area contributed by atoms with Crippen LogP contribution < -0.4 is 0 Å². The summed E-state index contributed by atoms with van der Waals surface area (Å²) < 4.78 is 5.66. The molecule has 0 unspecified atom stereocenters. The van der Waals surface area contributed by atoms with Crippen LogP contribution in [0.5, 0.6) is 0 Å². The van der Waals surface area contributed by atoms with E-state index >= 15 is 0 Å². The minimum absolute atomic E-state index is 0.000164. The summed E-state index contributed by atoms with van der Waals surface area (Å²) in [6.45, 7) is 8.31. The molecule has 0 aromatic carbocycles. The molecule has 17 heavy (non-hydrogen) atoms. The average Bonchev–Trinajstić information content (AvgIpc) is 2.82. The normalized spacial score (nSPS) is 12.5. The minimum Gasteiger partial charge on any atom is -0.441 e. The number of aryl methyl sites for hydroxylation is 1. The van der Waals surface area contributed by atoms with E-state index in [0.717, 1.165) is 15.6 Å². The first-order valence-corrected chi connectivity index (χ1v) is 6.33. The first-order valence-electron chi connectivity index (χ1n) is 5.52. The van der Waals surface area contributed by atoms with Gasteiger partial charge in [-0.2, -0.15) is 0 Å². The largest absolute Gasteiger partial charge is 0.441 e. The Labute approximate surface area is 105 Å².